The van der Waals surface area contributed by atoms with E-state index in [-0.39, 0.29) is 35.9 Å². The average molecular weight is 375 g/mol. The first-order valence-electron chi connectivity index (χ1n) is 9.96. The molecule has 1 aromatic rings. The van der Waals surface area contributed by atoms with E-state index >= 15 is 0 Å². The van der Waals surface area contributed by atoms with Crippen LogP contribution in [-0.2, 0) is 10.2 Å². The Balaban J connectivity index is 1.64. The van der Waals surface area contributed by atoms with Crippen LogP contribution in [0.2, 0.25) is 0 Å². The molecule has 3 aliphatic rings. The number of carbonyl (C=O) groups is 1. The van der Waals surface area contributed by atoms with Gasteiger partial charge >= 0.3 is 0 Å². The Morgan fingerprint density at radius 2 is 1.78 bits per heavy atom. The molecule has 1 aromatic carbocycles. The second-order valence-corrected chi connectivity index (χ2v) is 8.47. The standard InChI is InChI=1S/C22H31FN2O2/c1-16(2)25-20(26)22-10-7-21(8-11-22,9-12-22)18-3-5-19(6-4-18)27-15-17(13-23)14-24/h3-6,13,16H,7-12,14-15,24H2,1-2H3,(H,25,26). The molecule has 0 spiro atoms. The highest BCUT2D eigenvalue weighted by Gasteiger charge is 2.52. The lowest BCUT2D eigenvalue weighted by molar-refractivity contribution is -0.138. The minimum Gasteiger partial charge on any atom is -0.489 e. The third-order valence-corrected chi connectivity index (χ3v) is 6.46. The van der Waals surface area contributed by atoms with Gasteiger partial charge in [0.05, 0.1) is 6.33 Å². The Hall–Kier alpha value is -1.88. The van der Waals surface area contributed by atoms with Gasteiger partial charge in [-0.15, -0.1) is 0 Å². The quantitative estimate of drug-likeness (QED) is 0.758. The number of amides is 1. The number of carbonyl (C=O) groups excluding carboxylic acids is 1. The molecule has 0 radical (unpaired) electrons. The van der Waals surface area contributed by atoms with Crippen LogP contribution in [0.4, 0.5) is 4.39 Å². The molecule has 3 saturated carbocycles. The van der Waals surface area contributed by atoms with Crippen molar-refractivity contribution in [3.63, 3.8) is 0 Å². The van der Waals surface area contributed by atoms with Crippen LogP contribution in [-0.4, -0.2) is 25.1 Å². The molecule has 27 heavy (non-hydrogen) atoms. The van der Waals surface area contributed by atoms with Gasteiger partial charge in [-0.2, -0.15) is 0 Å². The molecule has 0 atom stereocenters. The van der Waals surface area contributed by atoms with Crippen molar-refractivity contribution in [1.29, 1.82) is 0 Å². The number of nitrogens with two attached hydrogens (primary N) is 1. The predicted octanol–water partition coefficient (Wildman–Crippen LogP) is 3.99. The van der Waals surface area contributed by atoms with Crippen LogP contribution in [0.3, 0.4) is 0 Å². The second kappa shape index (κ2) is 8.01. The molecule has 0 saturated heterocycles. The maximum absolute atomic E-state index is 12.7. The highest BCUT2D eigenvalue weighted by molar-refractivity contribution is 5.83. The van der Waals surface area contributed by atoms with Crippen LogP contribution >= 0.6 is 0 Å². The minimum atomic E-state index is -0.160. The third-order valence-electron chi connectivity index (χ3n) is 6.46. The number of hydrogen-bond acceptors (Lipinski definition) is 3. The zero-order chi connectivity index (χ0) is 19.5. The minimum absolute atomic E-state index is 0.157. The molecule has 0 unspecified atom stereocenters. The zero-order valence-electron chi connectivity index (χ0n) is 16.4. The van der Waals surface area contributed by atoms with Gasteiger partial charge in [-0.05, 0) is 75.5 Å². The summed E-state index contributed by atoms with van der Waals surface area (Å²) in [5.74, 6) is 0.964. The van der Waals surface area contributed by atoms with Crippen molar-refractivity contribution in [2.75, 3.05) is 13.2 Å². The SMILES string of the molecule is CC(C)NC(=O)C12CCC(c3ccc(OCC(=CF)CN)cc3)(CC1)CC2. The lowest BCUT2D eigenvalue weighted by Gasteiger charge is -2.53. The summed E-state index contributed by atoms with van der Waals surface area (Å²) in [5, 5.41) is 3.13. The number of hydrogen-bond donors (Lipinski definition) is 2. The van der Waals surface area contributed by atoms with Crippen molar-refractivity contribution in [2.24, 2.45) is 11.1 Å². The summed E-state index contributed by atoms with van der Waals surface area (Å²) in [6, 6.07) is 8.36. The van der Waals surface area contributed by atoms with Crippen LogP contribution in [0.5, 0.6) is 5.75 Å². The Bertz CT molecular complexity index is 672. The molecule has 1 amide bonds. The number of benzene rings is 1. The first kappa shape index (κ1) is 19.9. The van der Waals surface area contributed by atoms with E-state index in [1.165, 1.54) is 5.56 Å². The fraction of sp³-hybridized carbons (Fsp3) is 0.591. The van der Waals surface area contributed by atoms with Crippen LogP contribution < -0.4 is 15.8 Å². The third kappa shape index (κ3) is 4.03. The maximum atomic E-state index is 12.7. The number of rotatable bonds is 7. The van der Waals surface area contributed by atoms with E-state index in [0.29, 0.717) is 11.9 Å². The Morgan fingerprint density at radius 1 is 1.19 bits per heavy atom. The number of fused-ring (bicyclic) bond motifs is 3. The number of ether oxygens (including phenoxy) is 1. The van der Waals surface area contributed by atoms with Crippen molar-refractivity contribution in [3.8, 4) is 5.75 Å². The Kier molecular flexibility index (Phi) is 5.89. The molecule has 3 N–H and O–H groups in total. The monoisotopic (exact) mass is 374 g/mol. The summed E-state index contributed by atoms with van der Waals surface area (Å²) >= 11 is 0. The van der Waals surface area contributed by atoms with Gasteiger partial charge in [0, 0.05) is 23.6 Å². The Morgan fingerprint density at radius 3 is 2.26 bits per heavy atom. The summed E-state index contributed by atoms with van der Waals surface area (Å²) < 4.78 is 18.2. The maximum Gasteiger partial charge on any atom is 0.226 e. The smallest absolute Gasteiger partial charge is 0.226 e. The van der Waals surface area contributed by atoms with Crippen LogP contribution in [0, 0.1) is 5.41 Å². The Labute approximate surface area is 161 Å². The van der Waals surface area contributed by atoms with Crippen molar-refractivity contribution in [2.45, 2.75) is 63.8 Å². The molecule has 5 heteroatoms. The van der Waals surface area contributed by atoms with E-state index < -0.39 is 0 Å². The normalized spacial score (nSPS) is 27.7. The summed E-state index contributed by atoms with van der Waals surface area (Å²) in [7, 11) is 0. The lowest BCUT2D eigenvalue weighted by atomic mass is 9.51. The largest absolute Gasteiger partial charge is 0.489 e. The fourth-order valence-electron chi connectivity index (χ4n) is 4.59. The molecule has 4 nitrogen and oxygen atoms in total. The van der Waals surface area contributed by atoms with E-state index in [0.717, 1.165) is 44.3 Å². The zero-order valence-corrected chi connectivity index (χ0v) is 16.4. The van der Waals surface area contributed by atoms with E-state index in [2.05, 4.69) is 17.4 Å². The van der Waals surface area contributed by atoms with Gasteiger partial charge in [-0.25, -0.2) is 4.39 Å². The van der Waals surface area contributed by atoms with Crippen molar-refractivity contribution < 1.29 is 13.9 Å². The summed E-state index contributed by atoms with van der Waals surface area (Å²) in [4.78, 5) is 12.7. The predicted molar refractivity (Wildman–Crippen MR) is 105 cm³/mol. The van der Waals surface area contributed by atoms with E-state index in [1.807, 2.05) is 26.0 Å². The van der Waals surface area contributed by atoms with Crippen molar-refractivity contribution in [3.05, 3.63) is 41.7 Å². The molecule has 3 aliphatic carbocycles. The second-order valence-electron chi connectivity index (χ2n) is 8.47. The van der Waals surface area contributed by atoms with Gasteiger partial charge in [-0.1, -0.05) is 12.1 Å². The first-order valence-corrected chi connectivity index (χ1v) is 9.96. The molecule has 4 rings (SSSR count). The molecule has 0 heterocycles. The number of halogens is 1. The van der Waals surface area contributed by atoms with Crippen LogP contribution in [0.25, 0.3) is 0 Å². The van der Waals surface area contributed by atoms with Gasteiger partial charge in [0.25, 0.3) is 0 Å². The highest BCUT2D eigenvalue weighted by Crippen LogP contribution is 2.57. The highest BCUT2D eigenvalue weighted by atomic mass is 19.1. The van der Waals surface area contributed by atoms with Gasteiger partial charge in [-0.3, -0.25) is 4.79 Å². The van der Waals surface area contributed by atoms with Crippen LogP contribution in [0.15, 0.2) is 36.2 Å². The van der Waals surface area contributed by atoms with E-state index in [1.54, 1.807) is 0 Å². The molecular weight excluding hydrogens is 343 g/mol. The van der Waals surface area contributed by atoms with Gasteiger partial charge in [0.1, 0.15) is 12.4 Å². The molecule has 2 bridgehead atoms. The van der Waals surface area contributed by atoms with E-state index in [9.17, 15) is 9.18 Å². The first-order chi connectivity index (χ1) is 12.9. The van der Waals surface area contributed by atoms with Gasteiger partial charge in [0.2, 0.25) is 5.91 Å². The van der Waals surface area contributed by atoms with E-state index in [4.69, 9.17) is 10.5 Å². The summed E-state index contributed by atoms with van der Waals surface area (Å²) in [6.07, 6.45) is 6.57. The average Bonchev–Trinajstić information content (AvgIpc) is 2.70. The molecular formula is C22H31FN2O2. The molecule has 148 valence electrons. The van der Waals surface area contributed by atoms with Crippen LogP contribution in [0.1, 0.15) is 57.9 Å². The number of nitrogens with one attached hydrogen (secondary N) is 1. The fourth-order valence-corrected chi connectivity index (χ4v) is 4.59. The molecule has 0 aromatic heterocycles. The molecule has 0 aliphatic heterocycles. The van der Waals surface area contributed by atoms with Gasteiger partial charge in [0.15, 0.2) is 0 Å². The molecule has 3 fully saturated rings. The summed E-state index contributed by atoms with van der Waals surface area (Å²) in [6.45, 7) is 4.37. The topological polar surface area (TPSA) is 64.3 Å². The summed E-state index contributed by atoms with van der Waals surface area (Å²) in [5.41, 5.74) is 7.24. The van der Waals surface area contributed by atoms with Crippen molar-refractivity contribution in [1.82, 2.24) is 5.32 Å². The van der Waals surface area contributed by atoms with Gasteiger partial charge < -0.3 is 15.8 Å². The van der Waals surface area contributed by atoms with Crippen molar-refractivity contribution >= 4 is 5.91 Å². The lowest BCUT2D eigenvalue weighted by Crippen LogP contribution is -2.52.